The van der Waals surface area contributed by atoms with E-state index in [4.69, 9.17) is 5.73 Å². The Morgan fingerprint density at radius 1 is 1.13 bits per heavy atom. The van der Waals surface area contributed by atoms with E-state index in [1.54, 1.807) is 0 Å². The number of halogens is 2. The van der Waals surface area contributed by atoms with Crippen LogP contribution in [0.4, 0.5) is 8.78 Å². The van der Waals surface area contributed by atoms with Crippen LogP contribution in [0.25, 0.3) is 0 Å². The Balaban J connectivity index is 1.74. The highest BCUT2D eigenvalue weighted by Crippen LogP contribution is 2.46. The third-order valence-electron chi connectivity index (χ3n) is 5.80. The first-order valence-electron chi connectivity index (χ1n) is 8.28. The van der Waals surface area contributed by atoms with E-state index in [0.29, 0.717) is 18.0 Å². The van der Waals surface area contributed by atoms with Crippen LogP contribution < -0.4 is 5.73 Å². The highest BCUT2D eigenvalue weighted by molar-refractivity contribution is 5.79. The van der Waals surface area contributed by atoms with E-state index in [1.165, 1.54) is 12.1 Å². The average molecular weight is 321 g/mol. The van der Waals surface area contributed by atoms with Crippen molar-refractivity contribution in [3.63, 3.8) is 0 Å². The van der Waals surface area contributed by atoms with Gasteiger partial charge < -0.3 is 10.6 Å². The quantitative estimate of drug-likeness (QED) is 0.894. The Kier molecular flexibility index (Phi) is 3.61. The highest BCUT2D eigenvalue weighted by Gasteiger charge is 2.54. The highest BCUT2D eigenvalue weighted by atomic mass is 19.1. The zero-order chi connectivity index (χ0) is 16.1. The van der Waals surface area contributed by atoms with Crippen LogP contribution in [0.15, 0.2) is 18.2 Å². The van der Waals surface area contributed by atoms with Gasteiger partial charge in [0.25, 0.3) is 0 Å². The van der Waals surface area contributed by atoms with Crippen LogP contribution >= 0.6 is 0 Å². The van der Waals surface area contributed by atoms with E-state index in [1.807, 2.05) is 4.90 Å². The topological polar surface area (TPSA) is 49.6 Å². The molecule has 6 heteroatoms. The molecule has 2 N–H and O–H groups in total. The molecule has 4 heterocycles. The molecule has 3 atom stereocenters. The summed E-state index contributed by atoms with van der Waals surface area (Å²) in [4.78, 5) is 16.6. The normalized spacial score (nSPS) is 35.4. The van der Waals surface area contributed by atoms with Gasteiger partial charge in [0, 0.05) is 24.6 Å². The van der Waals surface area contributed by atoms with Crippen LogP contribution in [0, 0.1) is 17.6 Å². The summed E-state index contributed by atoms with van der Waals surface area (Å²) in [6.45, 7) is 2.50. The smallest absolute Gasteiger partial charge is 0.236 e. The van der Waals surface area contributed by atoms with E-state index in [9.17, 15) is 13.6 Å². The molecule has 124 valence electrons. The zero-order valence-electron chi connectivity index (χ0n) is 12.9. The van der Waals surface area contributed by atoms with E-state index in [0.717, 1.165) is 32.0 Å². The van der Waals surface area contributed by atoms with Gasteiger partial charge in [-0.3, -0.25) is 9.69 Å². The lowest BCUT2D eigenvalue weighted by molar-refractivity contribution is -0.134. The summed E-state index contributed by atoms with van der Waals surface area (Å²) < 4.78 is 27.3. The maximum absolute atomic E-state index is 13.7. The summed E-state index contributed by atoms with van der Waals surface area (Å²) in [7, 11) is 0. The van der Waals surface area contributed by atoms with E-state index in [-0.39, 0.29) is 30.5 Å². The number of likely N-dealkylation sites (tertiary alicyclic amines) is 1. The second kappa shape index (κ2) is 5.53. The fourth-order valence-electron chi connectivity index (χ4n) is 4.90. The van der Waals surface area contributed by atoms with Gasteiger partial charge in [0.15, 0.2) is 0 Å². The van der Waals surface area contributed by atoms with E-state index >= 15 is 0 Å². The number of nitrogens with two attached hydrogens (primary N) is 1. The molecule has 4 nitrogen and oxygen atoms in total. The first-order valence-corrected chi connectivity index (χ1v) is 8.28. The molecule has 2 bridgehead atoms. The molecule has 0 saturated carbocycles. The Morgan fingerprint density at radius 3 is 2.39 bits per heavy atom. The molecule has 1 aromatic rings. The summed E-state index contributed by atoms with van der Waals surface area (Å²) >= 11 is 0. The third-order valence-corrected chi connectivity index (χ3v) is 5.80. The molecule has 4 saturated heterocycles. The molecule has 1 aromatic carbocycles. The van der Waals surface area contributed by atoms with Crippen molar-refractivity contribution in [1.29, 1.82) is 0 Å². The van der Waals surface area contributed by atoms with Gasteiger partial charge in [-0.1, -0.05) is 0 Å². The van der Waals surface area contributed by atoms with Gasteiger partial charge in [-0.25, -0.2) is 8.78 Å². The standard InChI is InChI=1S/C17H21F2N3O/c18-12-5-11(6-13(19)7-12)14-9-22(15(23)8-20)16-10-1-3-21(4-2-10)17(14)16/h5-7,10,14,16-17H,1-4,8-9,20H2/t14-,16-,17-/m1/s1. The van der Waals surface area contributed by atoms with Crippen molar-refractivity contribution in [2.24, 2.45) is 11.7 Å². The number of hydrogen-bond acceptors (Lipinski definition) is 3. The number of carbonyl (C=O) groups is 1. The van der Waals surface area contributed by atoms with Gasteiger partial charge >= 0.3 is 0 Å². The van der Waals surface area contributed by atoms with Gasteiger partial charge in [0.2, 0.25) is 5.91 Å². The van der Waals surface area contributed by atoms with Gasteiger partial charge in [0.1, 0.15) is 11.6 Å². The second-order valence-electron chi connectivity index (χ2n) is 6.91. The van der Waals surface area contributed by atoms with Crippen molar-refractivity contribution >= 4 is 5.91 Å². The van der Waals surface area contributed by atoms with Crippen molar-refractivity contribution in [2.75, 3.05) is 26.2 Å². The maximum atomic E-state index is 13.7. The van der Waals surface area contributed by atoms with Crippen molar-refractivity contribution in [2.45, 2.75) is 30.8 Å². The lowest BCUT2D eigenvalue weighted by Crippen LogP contribution is -2.61. The molecular formula is C17H21F2N3O. The van der Waals surface area contributed by atoms with E-state index in [2.05, 4.69) is 4.90 Å². The molecule has 4 aliphatic rings. The average Bonchev–Trinajstić information content (AvgIpc) is 2.97. The summed E-state index contributed by atoms with van der Waals surface area (Å²) in [5, 5.41) is 0. The van der Waals surface area contributed by atoms with E-state index < -0.39 is 11.6 Å². The Labute approximate surface area is 134 Å². The fourth-order valence-corrected chi connectivity index (χ4v) is 4.90. The van der Waals surface area contributed by atoms with Crippen LogP contribution in [0.3, 0.4) is 0 Å². The summed E-state index contributed by atoms with van der Waals surface area (Å²) in [5.74, 6) is -0.756. The molecule has 4 fully saturated rings. The minimum atomic E-state index is -0.559. The van der Waals surface area contributed by atoms with Crippen molar-refractivity contribution in [1.82, 2.24) is 9.80 Å². The Hall–Kier alpha value is -1.53. The van der Waals surface area contributed by atoms with Gasteiger partial charge in [-0.05, 0) is 49.5 Å². The number of nitrogens with zero attached hydrogens (tertiary/aromatic N) is 2. The monoisotopic (exact) mass is 321 g/mol. The zero-order valence-corrected chi connectivity index (χ0v) is 12.9. The Morgan fingerprint density at radius 2 is 1.78 bits per heavy atom. The van der Waals surface area contributed by atoms with Crippen molar-refractivity contribution < 1.29 is 13.6 Å². The molecule has 5 rings (SSSR count). The van der Waals surface area contributed by atoms with Gasteiger partial charge in [-0.15, -0.1) is 0 Å². The first kappa shape index (κ1) is 15.0. The molecule has 0 radical (unpaired) electrons. The number of hydrogen-bond donors (Lipinski definition) is 1. The summed E-state index contributed by atoms with van der Waals surface area (Å²) in [5.41, 5.74) is 6.23. The van der Waals surface area contributed by atoms with Crippen LogP contribution in [0.2, 0.25) is 0 Å². The number of carbonyl (C=O) groups excluding carboxylic acids is 1. The minimum Gasteiger partial charge on any atom is -0.336 e. The van der Waals surface area contributed by atoms with Crippen LogP contribution in [0.5, 0.6) is 0 Å². The van der Waals surface area contributed by atoms with Crippen LogP contribution in [-0.4, -0.2) is 54.0 Å². The van der Waals surface area contributed by atoms with Crippen LogP contribution in [0.1, 0.15) is 24.3 Å². The largest absolute Gasteiger partial charge is 0.336 e. The summed E-state index contributed by atoms with van der Waals surface area (Å²) in [6, 6.07) is 3.99. The van der Waals surface area contributed by atoms with Gasteiger partial charge in [0.05, 0.1) is 12.6 Å². The Bertz CT molecular complexity index is 610. The van der Waals surface area contributed by atoms with Gasteiger partial charge in [-0.2, -0.15) is 0 Å². The molecule has 0 unspecified atom stereocenters. The number of amides is 1. The predicted octanol–water partition coefficient (Wildman–Crippen LogP) is 1.31. The summed E-state index contributed by atoms with van der Waals surface area (Å²) in [6.07, 6.45) is 2.17. The van der Waals surface area contributed by atoms with Crippen LogP contribution in [-0.2, 0) is 4.79 Å². The molecule has 0 aliphatic carbocycles. The molecule has 4 aliphatic heterocycles. The predicted molar refractivity (Wildman–Crippen MR) is 81.7 cm³/mol. The lowest BCUT2D eigenvalue weighted by atomic mass is 9.75. The minimum absolute atomic E-state index is 0.0137. The first-order chi connectivity index (χ1) is 11.1. The molecule has 1 amide bonds. The fraction of sp³-hybridized carbons (Fsp3) is 0.588. The SMILES string of the molecule is NCC(=O)N1C[C@H](c2cc(F)cc(F)c2)[C@@H]2[C@H]1C1CCN2CC1. The lowest BCUT2D eigenvalue weighted by Gasteiger charge is -2.51. The van der Waals surface area contributed by atoms with Crippen molar-refractivity contribution in [3.05, 3.63) is 35.4 Å². The number of fused-ring (bicyclic) bond motifs is 2. The molecule has 0 aromatic heterocycles. The number of benzene rings is 1. The molecule has 0 spiro atoms. The maximum Gasteiger partial charge on any atom is 0.236 e. The molecular weight excluding hydrogens is 300 g/mol. The molecule has 23 heavy (non-hydrogen) atoms. The third kappa shape index (κ3) is 2.35. The number of rotatable bonds is 2. The van der Waals surface area contributed by atoms with Crippen molar-refractivity contribution in [3.8, 4) is 0 Å². The second-order valence-corrected chi connectivity index (χ2v) is 6.91. The number of piperidine rings is 3.